The van der Waals surface area contributed by atoms with Gasteiger partial charge in [0.05, 0.1) is 17.8 Å². The fraction of sp³-hybridized carbons (Fsp3) is 0.176. The minimum Gasteiger partial charge on any atom is -0.488 e. The van der Waals surface area contributed by atoms with E-state index < -0.39 is 5.97 Å². The van der Waals surface area contributed by atoms with E-state index in [2.05, 4.69) is 5.32 Å². The Kier molecular flexibility index (Phi) is 5.60. The lowest BCUT2D eigenvalue weighted by molar-refractivity contribution is -0.114. The standard InChI is InChI=1S/C17H16ClNO4/c1-11(20)19-15-9-16(13(8-14(15)18)17(21)22-2)23-10-12-6-4-3-5-7-12/h3-9H,10H2,1-2H3,(H,19,20). The average Bonchev–Trinajstić information content (AvgIpc) is 2.55. The van der Waals surface area contributed by atoms with E-state index in [1.54, 1.807) is 0 Å². The zero-order valence-electron chi connectivity index (χ0n) is 12.8. The number of hydrogen-bond donors (Lipinski definition) is 1. The number of anilines is 1. The molecule has 0 bridgehead atoms. The monoisotopic (exact) mass is 333 g/mol. The molecule has 120 valence electrons. The second kappa shape index (κ2) is 7.65. The van der Waals surface area contributed by atoms with Gasteiger partial charge in [-0.25, -0.2) is 4.79 Å². The molecule has 2 rings (SSSR count). The van der Waals surface area contributed by atoms with Crippen molar-refractivity contribution in [1.29, 1.82) is 0 Å². The van der Waals surface area contributed by atoms with Gasteiger partial charge in [0.1, 0.15) is 17.9 Å². The number of amides is 1. The Balaban J connectivity index is 2.33. The van der Waals surface area contributed by atoms with Crippen LogP contribution in [0.1, 0.15) is 22.8 Å². The van der Waals surface area contributed by atoms with Gasteiger partial charge in [0.15, 0.2) is 0 Å². The Morgan fingerprint density at radius 3 is 2.48 bits per heavy atom. The van der Waals surface area contributed by atoms with Gasteiger partial charge < -0.3 is 14.8 Å². The molecule has 0 aliphatic rings. The molecule has 1 amide bonds. The Morgan fingerprint density at radius 1 is 1.17 bits per heavy atom. The summed E-state index contributed by atoms with van der Waals surface area (Å²) in [5, 5.41) is 2.82. The number of hydrogen-bond acceptors (Lipinski definition) is 4. The predicted molar refractivity (Wildman–Crippen MR) is 87.9 cm³/mol. The summed E-state index contributed by atoms with van der Waals surface area (Å²) >= 11 is 6.09. The summed E-state index contributed by atoms with van der Waals surface area (Å²) in [6.45, 7) is 1.64. The number of esters is 1. The molecule has 0 radical (unpaired) electrons. The summed E-state index contributed by atoms with van der Waals surface area (Å²) in [5.41, 5.74) is 1.51. The summed E-state index contributed by atoms with van der Waals surface area (Å²) in [5.74, 6) is -0.551. The highest BCUT2D eigenvalue weighted by molar-refractivity contribution is 6.34. The third-order valence-corrected chi connectivity index (χ3v) is 3.34. The number of benzene rings is 2. The molecule has 0 aliphatic heterocycles. The molecule has 6 heteroatoms. The second-order valence-corrected chi connectivity index (χ2v) is 5.18. The quantitative estimate of drug-likeness (QED) is 0.848. The van der Waals surface area contributed by atoms with Gasteiger partial charge in [0, 0.05) is 13.0 Å². The van der Waals surface area contributed by atoms with Crippen molar-refractivity contribution in [2.75, 3.05) is 12.4 Å². The van der Waals surface area contributed by atoms with Gasteiger partial charge in [0.2, 0.25) is 5.91 Å². The summed E-state index contributed by atoms with van der Waals surface area (Å²) in [6, 6.07) is 12.4. The van der Waals surface area contributed by atoms with E-state index in [-0.39, 0.29) is 28.8 Å². The van der Waals surface area contributed by atoms with Crippen molar-refractivity contribution >= 4 is 29.2 Å². The summed E-state index contributed by atoms with van der Waals surface area (Å²) in [4.78, 5) is 23.1. The van der Waals surface area contributed by atoms with Crippen molar-refractivity contribution in [1.82, 2.24) is 0 Å². The fourth-order valence-electron chi connectivity index (χ4n) is 1.96. The van der Waals surface area contributed by atoms with Crippen LogP contribution < -0.4 is 10.1 Å². The van der Waals surface area contributed by atoms with Gasteiger partial charge in [-0.2, -0.15) is 0 Å². The first-order chi connectivity index (χ1) is 11.0. The number of carbonyl (C=O) groups excluding carboxylic acids is 2. The maximum Gasteiger partial charge on any atom is 0.341 e. The molecule has 23 heavy (non-hydrogen) atoms. The maximum atomic E-state index is 11.9. The van der Waals surface area contributed by atoms with Crippen molar-refractivity contribution in [2.45, 2.75) is 13.5 Å². The molecule has 0 saturated carbocycles. The van der Waals surface area contributed by atoms with E-state index in [1.165, 1.54) is 26.2 Å². The third-order valence-electron chi connectivity index (χ3n) is 3.02. The smallest absolute Gasteiger partial charge is 0.341 e. The lowest BCUT2D eigenvalue weighted by Crippen LogP contribution is -2.10. The van der Waals surface area contributed by atoms with Crippen molar-refractivity contribution < 1.29 is 19.1 Å². The minimum atomic E-state index is -0.565. The number of ether oxygens (including phenoxy) is 2. The molecule has 0 heterocycles. The van der Waals surface area contributed by atoms with Gasteiger partial charge >= 0.3 is 5.97 Å². The number of methoxy groups -OCH3 is 1. The number of halogens is 1. The highest BCUT2D eigenvalue weighted by Crippen LogP contribution is 2.32. The van der Waals surface area contributed by atoms with Gasteiger partial charge in [-0.05, 0) is 11.6 Å². The Bertz CT molecular complexity index is 716. The Labute approximate surface area is 139 Å². The molecule has 1 N–H and O–H groups in total. The fourth-order valence-corrected chi connectivity index (χ4v) is 2.17. The van der Waals surface area contributed by atoms with E-state index >= 15 is 0 Å². The first-order valence-electron chi connectivity index (χ1n) is 6.87. The highest BCUT2D eigenvalue weighted by Gasteiger charge is 2.17. The molecule has 0 fully saturated rings. The van der Waals surface area contributed by atoms with E-state index in [0.717, 1.165) is 5.56 Å². The topological polar surface area (TPSA) is 64.6 Å². The molecular formula is C17H16ClNO4. The molecule has 0 atom stereocenters. The Morgan fingerprint density at radius 2 is 1.87 bits per heavy atom. The molecule has 0 spiro atoms. The summed E-state index contributed by atoms with van der Waals surface area (Å²) in [7, 11) is 1.28. The molecule has 2 aromatic carbocycles. The Hall–Kier alpha value is -2.53. The number of carbonyl (C=O) groups is 2. The zero-order chi connectivity index (χ0) is 16.8. The molecule has 0 aromatic heterocycles. The first-order valence-corrected chi connectivity index (χ1v) is 7.25. The maximum absolute atomic E-state index is 11.9. The van der Waals surface area contributed by atoms with Gasteiger partial charge in [-0.3, -0.25) is 4.79 Å². The molecule has 0 unspecified atom stereocenters. The van der Waals surface area contributed by atoms with Crippen LogP contribution >= 0.6 is 11.6 Å². The zero-order valence-corrected chi connectivity index (χ0v) is 13.5. The largest absolute Gasteiger partial charge is 0.488 e. The number of nitrogens with one attached hydrogen (secondary N) is 1. The second-order valence-electron chi connectivity index (χ2n) is 4.78. The van der Waals surface area contributed by atoms with E-state index in [9.17, 15) is 9.59 Å². The van der Waals surface area contributed by atoms with Crippen LogP contribution in [-0.2, 0) is 16.1 Å². The van der Waals surface area contributed by atoms with Gasteiger partial charge in [-0.15, -0.1) is 0 Å². The van der Waals surface area contributed by atoms with Gasteiger partial charge in [0.25, 0.3) is 0 Å². The third kappa shape index (κ3) is 4.47. The van der Waals surface area contributed by atoms with Crippen LogP contribution in [0, 0.1) is 0 Å². The summed E-state index contributed by atoms with van der Waals surface area (Å²) < 4.78 is 10.5. The summed E-state index contributed by atoms with van der Waals surface area (Å²) in [6.07, 6.45) is 0. The average molecular weight is 334 g/mol. The van der Waals surface area contributed by atoms with Crippen molar-refractivity contribution in [2.24, 2.45) is 0 Å². The first kappa shape index (κ1) is 16.8. The van der Waals surface area contributed by atoms with Crippen LogP contribution in [0.5, 0.6) is 5.75 Å². The molecule has 0 aliphatic carbocycles. The van der Waals surface area contributed by atoms with Crippen molar-refractivity contribution in [3.05, 3.63) is 58.6 Å². The SMILES string of the molecule is COC(=O)c1cc(Cl)c(NC(C)=O)cc1OCc1ccccc1. The van der Waals surface area contributed by atoms with Crippen LogP contribution in [-0.4, -0.2) is 19.0 Å². The van der Waals surface area contributed by atoms with E-state index in [4.69, 9.17) is 21.1 Å². The van der Waals surface area contributed by atoms with Crippen molar-refractivity contribution in [3.8, 4) is 5.75 Å². The molecule has 0 saturated heterocycles. The molecule has 2 aromatic rings. The van der Waals surface area contributed by atoms with E-state index in [1.807, 2.05) is 30.3 Å². The lowest BCUT2D eigenvalue weighted by atomic mass is 10.1. The molecular weight excluding hydrogens is 318 g/mol. The molecule has 5 nitrogen and oxygen atoms in total. The lowest BCUT2D eigenvalue weighted by Gasteiger charge is -2.14. The van der Waals surface area contributed by atoms with Crippen LogP contribution in [0.2, 0.25) is 5.02 Å². The van der Waals surface area contributed by atoms with Gasteiger partial charge in [-0.1, -0.05) is 41.9 Å². The highest BCUT2D eigenvalue weighted by atomic mass is 35.5. The van der Waals surface area contributed by atoms with Crippen LogP contribution in [0.15, 0.2) is 42.5 Å². The van der Waals surface area contributed by atoms with Crippen LogP contribution in [0.25, 0.3) is 0 Å². The number of rotatable bonds is 5. The van der Waals surface area contributed by atoms with E-state index in [0.29, 0.717) is 5.69 Å². The van der Waals surface area contributed by atoms with Crippen molar-refractivity contribution in [3.63, 3.8) is 0 Å². The van der Waals surface area contributed by atoms with Crippen LogP contribution in [0.3, 0.4) is 0 Å². The van der Waals surface area contributed by atoms with Crippen LogP contribution in [0.4, 0.5) is 5.69 Å². The minimum absolute atomic E-state index is 0.197. The normalized spacial score (nSPS) is 10.0. The predicted octanol–water partition coefficient (Wildman–Crippen LogP) is 3.66.